The van der Waals surface area contributed by atoms with Crippen LogP contribution in [0.2, 0.25) is 0 Å². The third kappa shape index (κ3) is 3.48. The van der Waals surface area contributed by atoms with E-state index in [1.165, 1.54) is 11.8 Å². The Bertz CT molecular complexity index is 1160. The first-order valence-electron chi connectivity index (χ1n) is 9.26. The molecule has 28 heavy (non-hydrogen) atoms. The Hall–Kier alpha value is -2.13. The molecule has 1 aliphatic heterocycles. The fourth-order valence-corrected chi connectivity index (χ4v) is 6.41. The highest BCUT2D eigenvalue weighted by molar-refractivity contribution is 7.99. The van der Waals surface area contributed by atoms with Gasteiger partial charge in [-0.25, -0.2) is 8.42 Å². The number of sulfone groups is 1. The van der Waals surface area contributed by atoms with Crippen LogP contribution in [0, 0.1) is 6.92 Å². The summed E-state index contributed by atoms with van der Waals surface area (Å²) in [5.41, 5.74) is 2.88. The molecule has 4 rings (SSSR count). The van der Waals surface area contributed by atoms with Crippen LogP contribution < -0.4 is 0 Å². The SMILES string of the molecule is CCN(C(=O)CSc1nnc2cc(C)c3ccccc3n12)[C@H]1CCS(=O)(=O)C1. The number of thioether (sulfide) groups is 1. The van der Waals surface area contributed by atoms with Crippen LogP contribution >= 0.6 is 11.8 Å². The van der Waals surface area contributed by atoms with Gasteiger partial charge in [-0.2, -0.15) is 0 Å². The minimum Gasteiger partial charge on any atom is -0.338 e. The van der Waals surface area contributed by atoms with Gasteiger partial charge in [0.05, 0.1) is 22.8 Å². The number of carbonyl (C=O) groups excluding carboxylic acids is 1. The van der Waals surface area contributed by atoms with E-state index < -0.39 is 9.84 Å². The lowest BCUT2D eigenvalue weighted by Gasteiger charge is -2.26. The van der Waals surface area contributed by atoms with Crippen LogP contribution in [0.1, 0.15) is 18.9 Å². The third-order valence-corrected chi connectivity index (χ3v) is 7.87. The molecule has 0 spiro atoms. The standard InChI is InChI=1S/C19H22N4O3S2/c1-3-22(14-8-9-28(25,26)12-14)18(24)11-27-19-21-20-17-10-13(2)15-6-4-5-7-16(15)23(17)19/h4-7,10,14H,3,8-9,11-12H2,1-2H3/t14-/m0/s1. The molecule has 3 heterocycles. The summed E-state index contributed by atoms with van der Waals surface area (Å²) in [5.74, 6) is 0.361. The van der Waals surface area contributed by atoms with Gasteiger partial charge < -0.3 is 4.90 Å². The van der Waals surface area contributed by atoms with Crippen molar-refractivity contribution in [3.8, 4) is 0 Å². The van der Waals surface area contributed by atoms with Crippen LogP contribution in [-0.4, -0.2) is 63.7 Å². The zero-order chi connectivity index (χ0) is 19.9. The number of carbonyl (C=O) groups is 1. The summed E-state index contributed by atoms with van der Waals surface area (Å²) < 4.78 is 25.5. The summed E-state index contributed by atoms with van der Waals surface area (Å²) in [4.78, 5) is 14.5. The third-order valence-electron chi connectivity index (χ3n) is 5.21. The first-order chi connectivity index (χ1) is 13.4. The molecule has 0 bridgehead atoms. The largest absolute Gasteiger partial charge is 0.338 e. The summed E-state index contributed by atoms with van der Waals surface area (Å²) in [6.07, 6.45) is 0.518. The number of pyridine rings is 1. The van der Waals surface area contributed by atoms with Crippen molar-refractivity contribution >= 4 is 44.1 Å². The second-order valence-corrected chi connectivity index (χ2v) is 10.2. The number of aryl methyl sites for hydroxylation is 1. The number of para-hydroxylation sites is 1. The first kappa shape index (κ1) is 19.2. The molecule has 2 aromatic heterocycles. The van der Waals surface area contributed by atoms with Gasteiger partial charge in [-0.1, -0.05) is 30.0 Å². The molecule has 7 nitrogen and oxygen atoms in total. The van der Waals surface area contributed by atoms with E-state index in [1.54, 1.807) is 4.90 Å². The van der Waals surface area contributed by atoms with Crippen LogP contribution in [0.4, 0.5) is 0 Å². The molecular formula is C19H22N4O3S2. The second-order valence-electron chi connectivity index (χ2n) is 7.05. The normalized spacial score (nSPS) is 18.7. The summed E-state index contributed by atoms with van der Waals surface area (Å²) in [5, 5.41) is 10.3. The highest BCUT2D eigenvalue weighted by Gasteiger charge is 2.33. The maximum atomic E-state index is 12.8. The van der Waals surface area contributed by atoms with Crippen LogP contribution in [0.15, 0.2) is 35.5 Å². The van der Waals surface area contributed by atoms with Crippen molar-refractivity contribution in [3.05, 3.63) is 35.9 Å². The topological polar surface area (TPSA) is 84.6 Å². The molecular weight excluding hydrogens is 396 g/mol. The highest BCUT2D eigenvalue weighted by atomic mass is 32.2. The average Bonchev–Trinajstić information content (AvgIpc) is 3.24. The second kappa shape index (κ2) is 7.36. The van der Waals surface area contributed by atoms with E-state index in [0.717, 1.165) is 22.1 Å². The number of amides is 1. The Morgan fingerprint density at radius 3 is 2.82 bits per heavy atom. The quantitative estimate of drug-likeness (QED) is 0.591. The fraction of sp³-hybridized carbons (Fsp3) is 0.421. The Balaban J connectivity index is 1.57. The van der Waals surface area contributed by atoms with Gasteiger partial charge in [-0.3, -0.25) is 9.20 Å². The molecule has 0 radical (unpaired) electrons. The molecule has 3 aromatic rings. The molecule has 9 heteroatoms. The molecule has 1 aliphatic rings. The minimum atomic E-state index is -3.03. The van der Waals surface area contributed by atoms with Crippen molar-refractivity contribution in [2.75, 3.05) is 23.8 Å². The highest BCUT2D eigenvalue weighted by Crippen LogP contribution is 2.26. The van der Waals surface area contributed by atoms with E-state index >= 15 is 0 Å². The molecule has 0 aliphatic carbocycles. The zero-order valence-electron chi connectivity index (χ0n) is 15.8. The molecule has 1 saturated heterocycles. The van der Waals surface area contributed by atoms with Gasteiger partial charge in [-0.15, -0.1) is 10.2 Å². The summed E-state index contributed by atoms with van der Waals surface area (Å²) in [7, 11) is -3.03. The lowest BCUT2D eigenvalue weighted by atomic mass is 10.1. The van der Waals surface area contributed by atoms with Crippen LogP contribution in [0.3, 0.4) is 0 Å². The number of fused-ring (bicyclic) bond motifs is 3. The lowest BCUT2D eigenvalue weighted by molar-refractivity contribution is -0.129. The van der Waals surface area contributed by atoms with Crippen LogP contribution in [0.25, 0.3) is 16.6 Å². The van der Waals surface area contributed by atoms with Crippen molar-refractivity contribution in [1.82, 2.24) is 19.5 Å². The smallest absolute Gasteiger partial charge is 0.233 e. The Morgan fingerprint density at radius 2 is 2.11 bits per heavy atom. The summed E-state index contributed by atoms with van der Waals surface area (Å²) in [6.45, 7) is 4.43. The molecule has 148 valence electrons. The van der Waals surface area contributed by atoms with Crippen molar-refractivity contribution < 1.29 is 13.2 Å². The first-order valence-corrected chi connectivity index (χ1v) is 12.1. The van der Waals surface area contributed by atoms with Crippen LogP contribution in [0.5, 0.6) is 0 Å². The van der Waals surface area contributed by atoms with Crippen molar-refractivity contribution in [3.63, 3.8) is 0 Å². The predicted molar refractivity (Wildman–Crippen MR) is 110 cm³/mol. The van der Waals surface area contributed by atoms with Gasteiger partial charge >= 0.3 is 0 Å². The van der Waals surface area contributed by atoms with E-state index in [0.29, 0.717) is 18.1 Å². The predicted octanol–water partition coefficient (Wildman–Crippen LogP) is 2.32. The van der Waals surface area contributed by atoms with Crippen molar-refractivity contribution in [2.24, 2.45) is 0 Å². The molecule has 0 saturated carbocycles. The Labute approximate surface area is 168 Å². The molecule has 0 unspecified atom stereocenters. The molecule has 1 aromatic carbocycles. The zero-order valence-corrected chi connectivity index (χ0v) is 17.5. The van der Waals surface area contributed by atoms with Gasteiger partial charge in [-0.05, 0) is 38.0 Å². The molecule has 0 N–H and O–H groups in total. The number of rotatable bonds is 5. The van der Waals surface area contributed by atoms with Gasteiger partial charge in [0.1, 0.15) is 0 Å². The van der Waals surface area contributed by atoms with Crippen LogP contribution in [-0.2, 0) is 14.6 Å². The van der Waals surface area contributed by atoms with E-state index in [9.17, 15) is 13.2 Å². The summed E-state index contributed by atoms with van der Waals surface area (Å²) >= 11 is 1.34. The van der Waals surface area contributed by atoms with E-state index in [-0.39, 0.29) is 29.2 Å². The summed E-state index contributed by atoms with van der Waals surface area (Å²) in [6, 6.07) is 9.82. The number of benzene rings is 1. The molecule has 1 fully saturated rings. The van der Waals surface area contributed by atoms with E-state index in [4.69, 9.17) is 0 Å². The van der Waals surface area contributed by atoms with Gasteiger partial charge in [0.15, 0.2) is 20.6 Å². The monoisotopic (exact) mass is 418 g/mol. The Kier molecular flexibility index (Phi) is 5.05. The minimum absolute atomic E-state index is 0.0645. The molecule has 1 atom stereocenters. The van der Waals surface area contributed by atoms with Crippen molar-refractivity contribution in [2.45, 2.75) is 31.5 Å². The van der Waals surface area contributed by atoms with E-state index in [2.05, 4.69) is 16.3 Å². The Morgan fingerprint density at radius 1 is 1.32 bits per heavy atom. The van der Waals surface area contributed by atoms with Crippen molar-refractivity contribution in [1.29, 1.82) is 0 Å². The number of aromatic nitrogens is 3. The van der Waals surface area contributed by atoms with Gasteiger partial charge in [0.2, 0.25) is 5.91 Å². The average molecular weight is 419 g/mol. The number of hydrogen-bond donors (Lipinski definition) is 0. The van der Waals surface area contributed by atoms with E-state index in [1.807, 2.05) is 42.5 Å². The number of hydrogen-bond acceptors (Lipinski definition) is 6. The fourth-order valence-electron chi connectivity index (χ4n) is 3.84. The maximum absolute atomic E-state index is 12.8. The molecule has 1 amide bonds. The number of nitrogens with zero attached hydrogens (tertiary/aromatic N) is 4. The maximum Gasteiger partial charge on any atom is 0.233 e. The van der Waals surface area contributed by atoms with Gasteiger partial charge in [0, 0.05) is 18.0 Å². The van der Waals surface area contributed by atoms with Gasteiger partial charge in [0.25, 0.3) is 0 Å². The lowest BCUT2D eigenvalue weighted by Crippen LogP contribution is -2.41.